The predicted molar refractivity (Wildman–Crippen MR) is 140 cm³/mol. The van der Waals surface area contributed by atoms with Crippen LogP contribution in [0.3, 0.4) is 0 Å². The minimum absolute atomic E-state index is 0.488. The molecular weight excluding hydrogens is 612 g/mol. The van der Waals surface area contributed by atoms with Crippen LogP contribution in [0.2, 0.25) is 0 Å². The standard InChI is InChI=1S/C27H24O18/c28-11-1-8(2-12(29)18(11)34)24(38)42-7-17-22(44-25(39)9-3-13(30)19(35)14(31)4-9)23(21(37)27(41)43-17)45-26(40)10-5-15(32)20(36)16(33)6-10/h1-6,17,21-23,27-37,41H,7H2/t17-,21-,22-,23-,27?/m1/s1. The van der Waals surface area contributed by atoms with Crippen molar-refractivity contribution < 1.29 is 89.5 Å². The number of rotatable bonds is 7. The van der Waals surface area contributed by atoms with Crippen LogP contribution in [0.5, 0.6) is 51.7 Å². The van der Waals surface area contributed by atoms with Crippen LogP contribution in [-0.4, -0.2) is 111 Å². The van der Waals surface area contributed by atoms with E-state index < -0.39 is 124 Å². The molecule has 0 saturated carbocycles. The number of esters is 3. The van der Waals surface area contributed by atoms with E-state index in [0.29, 0.717) is 24.3 Å². The first-order valence-electron chi connectivity index (χ1n) is 12.4. The molecular formula is C27H24O18. The Kier molecular flexibility index (Phi) is 8.84. The van der Waals surface area contributed by atoms with E-state index >= 15 is 0 Å². The number of benzene rings is 3. The Morgan fingerprint density at radius 1 is 0.556 bits per heavy atom. The van der Waals surface area contributed by atoms with Gasteiger partial charge in [-0.15, -0.1) is 0 Å². The molecule has 18 nitrogen and oxygen atoms in total. The van der Waals surface area contributed by atoms with Gasteiger partial charge in [0.2, 0.25) is 0 Å². The number of carbonyl (C=O) groups excluding carboxylic acids is 3. The van der Waals surface area contributed by atoms with Gasteiger partial charge in [0.25, 0.3) is 0 Å². The van der Waals surface area contributed by atoms with Crippen molar-refractivity contribution in [3.8, 4) is 51.7 Å². The fraction of sp³-hybridized carbons (Fsp3) is 0.222. The summed E-state index contributed by atoms with van der Waals surface area (Å²) in [4.78, 5) is 38.5. The summed E-state index contributed by atoms with van der Waals surface area (Å²) in [6.07, 6.45) is -10.2. The fourth-order valence-electron chi connectivity index (χ4n) is 4.11. The summed E-state index contributed by atoms with van der Waals surface area (Å²) in [5.41, 5.74) is -1.67. The number of aliphatic hydroxyl groups excluding tert-OH is 2. The van der Waals surface area contributed by atoms with Crippen LogP contribution in [0.15, 0.2) is 36.4 Å². The maximum Gasteiger partial charge on any atom is 0.338 e. The van der Waals surface area contributed by atoms with Gasteiger partial charge < -0.3 is 75.1 Å². The van der Waals surface area contributed by atoms with Crippen molar-refractivity contribution >= 4 is 17.9 Å². The first-order valence-corrected chi connectivity index (χ1v) is 12.4. The molecule has 0 aliphatic carbocycles. The Morgan fingerprint density at radius 3 is 1.27 bits per heavy atom. The number of phenolic OH excluding ortho intramolecular Hbond substituents is 9. The molecule has 18 heteroatoms. The summed E-state index contributed by atoms with van der Waals surface area (Å²) in [5, 5.41) is 108. The molecule has 0 radical (unpaired) electrons. The van der Waals surface area contributed by atoms with E-state index in [0.717, 1.165) is 12.1 Å². The van der Waals surface area contributed by atoms with E-state index in [1.165, 1.54) is 0 Å². The highest BCUT2D eigenvalue weighted by atomic mass is 16.7. The molecule has 1 fully saturated rings. The summed E-state index contributed by atoms with van der Waals surface area (Å²) in [5.74, 6) is -12.5. The maximum absolute atomic E-state index is 13.0. The molecule has 0 bridgehead atoms. The van der Waals surface area contributed by atoms with Crippen LogP contribution in [0, 0.1) is 0 Å². The highest BCUT2D eigenvalue weighted by Crippen LogP contribution is 2.38. The summed E-state index contributed by atoms with van der Waals surface area (Å²) in [6, 6.07) is 4.15. The largest absolute Gasteiger partial charge is 0.504 e. The van der Waals surface area contributed by atoms with Crippen molar-refractivity contribution in [2.24, 2.45) is 0 Å². The third kappa shape index (κ3) is 6.56. The lowest BCUT2D eigenvalue weighted by molar-refractivity contribution is -0.285. The lowest BCUT2D eigenvalue weighted by Gasteiger charge is -2.41. The molecule has 5 atom stereocenters. The molecule has 3 aromatic carbocycles. The minimum Gasteiger partial charge on any atom is -0.504 e. The Morgan fingerprint density at radius 2 is 0.889 bits per heavy atom. The smallest absolute Gasteiger partial charge is 0.338 e. The average molecular weight is 636 g/mol. The summed E-state index contributed by atoms with van der Waals surface area (Å²) in [6.45, 7) is -0.941. The van der Waals surface area contributed by atoms with Crippen molar-refractivity contribution in [2.45, 2.75) is 30.7 Å². The third-order valence-electron chi connectivity index (χ3n) is 6.41. The van der Waals surface area contributed by atoms with Crippen LogP contribution in [0.25, 0.3) is 0 Å². The van der Waals surface area contributed by atoms with Crippen molar-refractivity contribution in [3.63, 3.8) is 0 Å². The highest BCUT2D eigenvalue weighted by molar-refractivity contribution is 5.93. The lowest BCUT2D eigenvalue weighted by Crippen LogP contribution is -2.61. The van der Waals surface area contributed by atoms with E-state index in [-0.39, 0.29) is 0 Å². The Hall–Kier alpha value is -5.85. The molecule has 240 valence electrons. The average Bonchev–Trinajstić information content (AvgIpc) is 2.98. The second-order valence-electron chi connectivity index (χ2n) is 9.48. The topological polar surface area (TPSA) is 311 Å². The molecule has 0 spiro atoms. The highest BCUT2D eigenvalue weighted by Gasteiger charge is 2.50. The molecule has 45 heavy (non-hydrogen) atoms. The van der Waals surface area contributed by atoms with Gasteiger partial charge in [0.05, 0.1) is 16.7 Å². The van der Waals surface area contributed by atoms with Crippen molar-refractivity contribution in [1.82, 2.24) is 0 Å². The molecule has 0 amide bonds. The van der Waals surface area contributed by atoms with Gasteiger partial charge in [0.1, 0.15) is 18.8 Å². The number of hydrogen-bond acceptors (Lipinski definition) is 18. The fourth-order valence-corrected chi connectivity index (χ4v) is 4.11. The van der Waals surface area contributed by atoms with Crippen LogP contribution < -0.4 is 0 Å². The van der Waals surface area contributed by atoms with Gasteiger partial charge in [-0.25, -0.2) is 14.4 Å². The Labute approximate surface area is 249 Å². The summed E-state index contributed by atoms with van der Waals surface area (Å²) < 4.78 is 20.8. The first kappa shape index (κ1) is 32.1. The van der Waals surface area contributed by atoms with E-state index in [4.69, 9.17) is 18.9 Å². The minimum atomic E-state index is -2.19. The Balaban J connectivity index is 1.66. The van der Waals surface area contributed by atoms with Crippen LogP contribution in [-0.2, 0) is 18.9 Å². The number of hydrogen-bond donors (Lipinski definition) is 11. The quantitative estimate of drug-likeness (QED) is 0.0902. The molecule has 1 aliphatic heterocycles. The predicted octanol–water partition coefficient (Wildman–Crippen LogP) is -0.277. The third-order valence-corrected chi connectivity index (χ3v) is 6.41. The van der Waals surface area contributed by atoms with Gasteiger partial charge in [-0.1, -0.05) is 0 Å². The van der Waals surface area contributed by atoms with E-state index in [1.807, 2.05) is 0 Å². The summed E-state index contributed by atoms with van der Waals surface area (Å²) >= 11 is 0. The molecule has 0 aromatic heterocycles. The number of carbonyl (C=O) groups is 3. The normalized spacial score (nSPS) is 21.1. The SMILES string of the molecule is O=C(OC[C@H]1OC(O)[C@H](O)[C@@H](OC(=O)c2cc(O)c(O)c(O)c2)[C@@H]1OC(=O)c1cc(O)c(O)c(O)c1)c1cc(O)c(O)c(O)c1. The molecule has 1 aliphatic rings. The second kappa shape index (κ2) is 12.4. The van der Waals surface area contributed by atoms with Gasteiger partial charge in [-0.2, -0.15) is 0 Å². The number of ether oxygens (including phenoxy) is 4. The second-order valence-corrected chi connectivity index (χ2v) is 9.48. The van der Waals surface area contributed by atoms with Crippen LogP contribution >= 0.6 is 0 Å². The lowest BCUT2D eigenvalue weighted by atomic mass is 9.98. The number of phenols is 9. The van der Waals surface area contributed by atoms with E-state index in [9.17, 15) is 70.6 Å². The molecule has 11 N–H and O–H groups in total. The zero-order valence-electron chi connectivity index (χ0n) is 22.3. The number of aromatic hydroxyl groups is 9. The Bertz CT molecular complexity index is 1580. The van der Waals surface area contributed by atoms with Crippen molar-refractivity contribution in [1.29, 1.82) is 0 Å². The maximum atomic E-state index is 13.0. The van der Waals surface area contributed by atoms with E-state index in [2.05, 4.69) is 0 Å². The van der Waals surface area contributed by atoms with Gasteiger partial charge in [-0.3, -0.25) is 0 Å². The van der Waals surface area contributed by atoms with Gasteiger partial charge >= 0.3 is 17.9 Å². The molecule has 3 aromatic rings. The van der Waals surface area contributed by atoms with Crippen molar-refractivity contribution in [3.05, 3.63) is 53.1 Å². The molecule has 4 rings (SSSR count). The van der Waals surface area contributed by atoms with Gasteiger partial charge in [0, 0.05) is 0 Å². The van der Waals surface area contributed by atoms with Gasteiger partial charge in [-0.05, 0) is 36.4 Å². The van der Waals surface area contributed by atoms with Crippen molar-refractivity contribution in [2.75, 3.05) is 6.61 Å². The van der Waals surface area contributed by atoms with Crippen LogP contribution in [0.1, 0.15) is 31.1 Å². The van der Waals surface area contributed by atoms with Crippen LogP contribution in [0.4, 0.5) is 0 Å². The molecule has 1 unspecified atom stereocenters. The van der Waals surface area contributed by atoms with E-state index in [1.54, 1.807) is 0 Å². The first-order chi connectivity index (χ1) is 21.1. The zero-order chi connectivity index (χ0) is 33.3. The number of aliphatic hydroxyl groups is 2. The molecule has 1 heterocycles. The summed E-state index contributed by atoms with van der Waals surface area (Å²) in [7, 11) is 0. The monoisotopic (exact) mass is 636 g/mol. The van der Waals surface area contributed by atoms with Gasteiger partial charge in [0.15, 0.2) is 70.2 Å². The zero-order valence-corrected chi connectivity index (χ0v) is 22.3. The molecule has 1 saturated heterocycles.